The van der Waals surface area contributed by atoms with Gasteiger partial charge in [-0.15, -0.1) is 0 Å². The van der Waals surface area contributed by atoms with E-state index in [1.807, 2.05) is 0 Å². The lowest BCUT2D eigenvalue weighted by Gasteiger charge is -2.47. The number of rotatable bonds is 1. The van der Waals surface area contributed by atoms with Crippen LogP contribution in [-0.2, 0) is 0 Å². The predicted octanol–water partition coefficient (Wildman–Crippen LogP) is 4.18. The molecule has 1 saturated heterocycles. The number of piperazine rings is 1. The average molecular weight is 337 g/mol. The molecule has 0 aromatic heterocycles. The van der Waals surface area contributed by atoms with Crippen molar-refractivity contribution in [3.05, 3.63) is 27.7 Å². The molecule has 3 rings (SSSR count). The Balaban J connectivity index is 1.87. The van der Waals surface area contributed by atoms with Gasteiger partial charge in [0, 0.05) is 35.3 Å². The quantitative estimate of drug-likeness (QED) is 0.827. The van der Waals surface area contributed by atoms with Gasteiger partial charge in [-0.2, -0.15) is 0 Å². The van der Waals surface area contributed by atoms with Crippen LogP contribution in [0.3, 0.4) is 0 Å². The van der Waals surface area contributed by atoms with Crippen molar-refractivity contribution in [3.8, 4) is 0 Å². The van der Waals surface area contributed by atoms with Gasteiger partial charge in [-0.05, 0) is 49.9 Å². The van der Waals surface area contributed by atoms with Gasteiger partial charge in [0.2, 0.25) is 0 Å². The minimum Gasteiger partial charge on any atom is -0.368 e. The summed E-state index contributed by atoms with van der Waals surface area (Å²) in [5, 5.41) is 3.83. The molecule has 2 nitrogen and oxygen atoms in total. The van der Waals surface area contributed by atoms with Gasteiger partial charge >= 0.3 is 0 Å². The SMILES string of the molecule is Cc1cc(Br)cc(C)c1N1CCNC2(CCCCC2)C1. The maximum Gasteiger partial charge on any atom is 0.0427 e. The molecule has 0 amide bonds. The lowest BCUT2D eigenvalue weighted by molar-refractivity contribution is 0.216. The van der Waals surface area contributed by atoms with Crippen LogP contribution in [0.2, 0.25) is 0 Å². The smallest absolute Gasteiger partial charge is 0.0427 e. The molecule has 3 heteroatoms. The molecular weight excluding hydrogens is 312 g/mol. The number of anilines is 1. The van der Waals surface area contributed by atoms with E-state index < -0.39 is 0 Å². The number of hydrogen-bond acceptors (Lipinski definition) is 2. The van der Waals surface area contributed by atoms with E-state index in [0.29, 0.717) is 5.54 Å². The molecule has 0 radical (unpaired) electrons. The maximum atomic E-state index is 3.83. The van der Waals surface area contributed by atoms with Gasteiger partial charge in [-0.3, -0.25) is 0 Å². The first-order valence-electron chi connectivity index (χ1n) is 7.86. The van der Waals surface area contributed by atoms with Gasteiger partial charge in [0.05, 0.1) is 0 Å². The second-order valence-electron chi connectivity index (χ2n) is 6.58. The first kappa shape index (κ1) is 14.4. The summed E-state index contributed by atoms with van der Waals surface area (Å²) in [4.78, 5) is 2.62. The average Bonchev–Trinajstić information content (AvgIpc) is 2.38. The predicted molar refractivity (Wildman–Crippen MR) is 89.6 cm³/mol. The number of hydrogen-bond donors (Lipinski definition) is 1. The zero-order valence-corrected chi connectivity index (χ0v) is 14.2. The van der Waals surface area contributed by atoms with Crippen molar-refractivity contribution in [3.63, 3.8) is 0 Å². The zero-order valence-electron chi connectivity index (χ0n) is 12.6. The molecule has 2 aliphatic rings. The summed E-state index contributed by atoms with van der Waals surface area (Å²) in [6.07, 6.45) is 6.88. The lowest BCUT2D eigenvalue weighted by Crippen LogP contribution is -2.61. The van der Waals surface area contributed by atoms with E-state index in [1.165, 1.54) is 59.9 Å². The van der Waals surface area contributed by atoms with Crippen LogP contribution in [0, 0.1) is 13.8 Å². The van der Waals surface area contributed by atoms with Crippen LogP contribution >= 0.6 is 15.9 Å². The molecule has 2 fully saturated rings. The minimum absolute atomic E-state index is 0.377. The van der Waals surface area contributed by atoms with Crippen LogP contribution in [-0.4, -0.2) is 25.2 Å². The van der Waals surface area contributed by atoms with Crippen LogP contribution in [0.15, 0.2) is 16.6 Å². The second-order valence-corrected chi connectivity index (χ2v) is 7.49. The first-order chi connectivity index (χ1) is 9.60. The highest BCUT2D eigenvalue weighted by atomic mass is 79.9. The Bertz CT molecular complexity index is 463. The summed E-state index contributed by atoms with van der Waals surface area (Å²) < 4.78 is 1.19. The Morgan fingerprint density at radius 1 is 1.10 bits per heavy atom. The van der Waals surface area contributed by atoms with Crippen molar-refractivity contribution in [2.75, 3.05) is 24.5 Å². The minimum atomic E-state index is 0.377. The van der Waals surface area contributed by atoms with Crippen LogP contribution < -0.4 is 10.2 Å². The fourth-order valence-electron chi connectivity index (χ4n) is 4.11. The summed E-state index contributed by atoms with van der Waals surface area (Å²) in [5.41, 5.74) is 4.62. The highest BCUT2D eigenvalue weighted by molar-refractivity contribution is 9.10. The highest BCUT2D eigenvalue weighted by Crippen LogP contribution is 2.35. The van der Waals surface area contributed by atoms with Crippen LogP contribution in [0.25, 0.3) is 0 Å². The number of nitrogens with one attached hydrogen (secondary N) is 1. The van der Waals surface area contributed by atoms with Gasteiger partial charge in [0.15, 0.2) is 0 Å². The van der Waals surface area contributed by atoms with E-state index in [4.69, 9.17) is 0 Å². The number of benzene rings is 1. The molecule has 1 aromatic carbocycles. The van der Waals surface area contributed by atoms with Crippen molar-refractivity contribution in [2.24, 2.45) is 0 Å². The molecule has 0 atom stereocenters. The van der Waals surface area contributed by atoms with Gasteiger partial charge < -0.3 is 10.2 Å². The summed E-state index contributed by atoms with van der Waals surface area (Å²) in [6, 6.07) is 4.50. The molecule has 1 aromatic rings. The van der Waals surface area contributed by atoms with E-state index >= 15 is 0 Å². The van der Waals surface area contributed by atoms with Gasteiger partial charge in [0.1, 0.15) is 0 Å². The maximum absolute atomic E-state index is 3.83. The number of aryl methyl sites for hydroxylation is 2. The molecule has 20 heavy (non-hydrogen) atoms. The topological polar surface area (TPSA) is 15.3 Å². The Hall–Kier alpha value is -0.540. The fourth-order valence-corrected chi connectivity index (χ4v) is 4.80. The normalized spacial score (nSPS) is 22.2. The van der Waals surface area contributed by atoms with Gasteiger partial charge in [-0.25, -0.2) is 0 Å². The van der Waals surface area contributed by atoms with Crippen molar-refractivity contribution in [2.45, 2.75) is 51.5 Å². The number of halogens is 1. The molecule has 1 spiro atoms. The standard InChI is InChI=1S/C17H25BrN2/c1-13-10-15(18)11-14(2)16(13)20-9-8-19-17(12-20)6-4-3-5-7-17/h10-11,19H,3-9,12H2,1-2H3. The molecule has 0 unspecified atom stereocenters. The first-order valence-corrected chi connectivity index (χ1v) is 8.66. The molecule has 1 N–H and O–H groups in total. The van der Waals surface area contributed by atoms with Crippen molar-refractivity contribution in [1.29, 1.82) is 0 Å². The molecule has 110 valence electrons. The van der Waals surface area contributed by atoms with Crippen LogP contribution in [0.4, 0.5) is 5.69 Å². The fraction of sp³-hybridized carbons (Fsp3) is 0.647. The lowest BCUT2D eigenvalue weighted by atomic mass is 9.80. The van der Waals surface area contributed by atoms with Crippen molar-refractivity contribution in [1.82, 2.24) is 5.32 Å². The van der Waals surface area contributed by atoms with Gasteiger partial charge in [-0.1, -0.05) is 35.2 Å². The molecule has 0 bridgehead atoms. The van der Waals surface area contributed by atoms with Gasteiger partial charge in [0.25, 0.3) is 0 Å². The van der Waals surface area contributed by atoms with Crippen molar-refractivity contribution >= 4 is 21.6 Å². The molecule has 1 saturated carbocycles. The third-order valence-electron chi connectivity index (χ3n) is 4.96. The Morgan fingerprint density at radius 3 is 2.40 bits per heavy atom. The Morgan fingerprint density at radius 2 is 1.75 bits per heavy atom. The monoisotopic (exact) mass is 336 g/mol. The van der Waals surface area contributed by atoms with E-state index in [0.717, 1.165) is 13.1 Å². The molecular formula is C17H25BrN2. The van der Waals surface area contributed by atoms with Crippen LogP contribution in [0.1, 0.15) is 43.2 Å². The number of nitrogens with zero attached hydrogens (tertiary/aromatic N) is 1. The third-order valence-corrected chi connectivity index (χ3v) is 5.42. The van der Waals surface area contributed by atoms with Crippen LogP contribution in [0.5, 0.6) is 0 Å². The highest BCUT2D eigenvalue weighted by Gasteiger charge is 2.36. The van der Waals surface area contributed by atoms with Crippen molar-refractivity contribution < 1.29 is 0 Å². The summed E-state index contributed by atoms with van der Waals surface area (Å²) in [7, 11) is 0. The van der Waals surface area contributed by atoms with E-state index in [9.17, 15) is 0 Å². The zero-order chi connectivity index (χ0) is 14.2. The Labute approximate surface area is 131 Å². The summed E-state index contributed by atoms with van der Waals surface area (Å²) in [6.45, 7) is 7.90. The summed E-state index contributed by atoms with van der Waals surface area (Å²) in [5.74, 6) is 0. The second kappa shape index (κ2) is 5.69. The molecule has 1 aliphatic heterocycles. The van der Waals surface area contributed by atoms with E-state index in [2.05, 4.69) is 52.1 Å². The summed E-state index contributed by atoms with van der Waals surface area (Å²) >= 11 is 3.61. The van der Waals surface area contributed by atoms with E-state index in [1.54, 1.807) is 0 Å². The largest absolute Gasteiger partial charge is 0.368 e. The Kier molecular flexibility index (Phi) is 4.09. The third kappa shape index (κ3) is 2.75. The molecule has 1 aliphatic carbocycles. The molecule has 1 heterocycles. The van der Waals surface area contributed by atoms with E-state index in [-0.39, 0.29) is 0 Å².